The first kappa shape index (κ1) is 16.9. The minimum atomic E-state index is -4.57. The molecular weight excluding hydrogens is 306 g/mol. The van der Waals surface area contributed by atoms with Gasteiger partial charge in [-0.15, -0.1) is 0 Å². The SMILES string of the molecule is CCC(=O)C1(c2cccc(OS(=O)(=O)O)c2)CCN(C)CC1. The van der Waals surface area contributed by atoms with E-state index in [0.717, 1.165) is 18.7 Å². The zero-order valence-electron chi connectivity index (χ0n) is 12.8. The van der Waals surface area contributed by atoms with Crippen LogP contribution in [0.1, 0.15) is 31.7 Å². The summed E-state index contributed by atoms with van der Waals surface area (Å²) in [4.78, 5) is 14.7. The van der Waals surface area contributed by atoms with Crippen molar-refractivity contribution in [2.75, 3.05) is 20.1 Å². The average Bonchev–Trinajstić information content (AvgIpc) is 2.46. The molecule has 0 unspecified atom stereocenters. The van der Waals surface area contributed by atoms with Crippen molar-refractivity contribution in [2.24, 2.45) is 0 Å². The van der Waals surface area contributed by atoms with Crippen LogP contribution in [0.15, 0.2) is 24.3 Å². The normalized spacial score (nSPS) is 18.9. The fourth-order valence-corrected chi connectivity index (χ4v) is 3.38. The van der Waals surface area contributed by atoms with E-state index < -0.39 is 15.8 Å². The third kappa shape index (κ3) is 3.66. The first-order valence-corrected chi connectivity index (χ1v) is 8.62. The quantitative estimate of drug-likeness (QED) is 0.830. The van der Waals surface area contributed by atoms with Crippen LogP contribution < -0.4 is 4.18 Å². The first-order valence-electron chi connectivity index (χ1n) is 7.26. The van der Waals surface area contributed by atoms with Gasteiger partial charge in [0, 0.05) is 6.42 Å². The number of ketones is 1. The van der Waals surface area contributed by atoms with Crippen LogP contribution in [-0.4, -0.2) is 43.8 Å². The molecule has 0 aromatic heterocycles. The topological polar surface area (TPSA) is 83.9 Å². The van der Waals surface area contributed by atoms with Crippen LogP contribution in [-0.2, 0) is 20.6 Å². The Labute approximate surface area is 131 Å². The van der Waals surface area contributed by atoms with Gasteiger partial charge in [0.15, 0.2) is 0 Å². The maximum absolute atomic E-state index is 12.6. The summed E-state index contributed by atoms with van der Waals surface area (Å²) in [5.41, 5.74) is 0.133. The Morgan fingerprint density at radius 2 is 2.00 bits per heavy atom. The summed E-state index contributed by atoms with van der Waals surface area (Å²) < 4.78 is 35.0. The van der Waals surface area contributed by atoms with Gasteiger partial charge in [0.1, 0.15) is 11.5 Å². The van der Waals surface area contributed by atoms with Gasteiger partial charge in [-0.3, -0.25) is 9.35 Å². The molecule has 0 amide bonds. The predicted octanol–water partition coefficient (Wildman–Crippen LogP) is 1.81. The van der Waals surface area contributed by atoms with Crippen molar-refractivity contribution in [3.63, 3.8) is 0 Å². The fourth-order valence-electron chi connectivity index (χ4n) is 3.03. The van der Waals surface area contributed by atoms with Gasteiger partial charge in [0.2, 0.25) is 0 Å². The zero-order valence-corrected chi connectivity index (χ0v) is 13.6. The lowest BCUT2D eigenvalue weighted by atomic mass is 9.69. The van der Waals surface area contributed by atoms with Crippen molar-refractivity contribution >= 4 is 16.2 Å². The van der Waals surface area contributed by atoms with Crippen molar-refractivity contribution < 1.29 is 21.9 Å². The molecule has 1 aliphatic rings. The van der Waals surface area contributed by atoms with Crippen molar-refractivity contribution in [3.8, 4) is 5.75 Å². The lowest BCUT2D eigenvalue weighted by molar-refractivity contribution is -0.126. The average molecular weight is 327 g/mol. The molecule has 7 heteroatoms. The van der Waals surface area contributed by atoms with E-state index in [0.29, 0.717) is 19.3 Å². The molecule has 6 nitrogen and oxygen atoms in total. The highest BCUT2D eigenvalue weighted by Gasteiger charge is 2.41. The molecule has 22 heavy (non-hydrogen) atoms. The Kier molecular flexibility index (Phi) is 4.89. The molecule has 2 rings (SSSR count). The molecule has 122 valence electrons. The third-order valence-electron chi connectivity index (χ3n) is 4.28. The summed E-state index contributed by atoms with van der Waals surface area (Å²) in [6.45, 7) is 3.44. The number of carbonyl (C=O) groups is 1. The van der Waals surface area contributed by atoms with E-state index in [9.17, 15) is 13.2 Å². The first-order chi connectivity index (χ1) is 10.3. The van der Waals surface area contributed by atoms with Gasteiger partial charge in [-0.2, -0.15) is 8.42 Å². The molecule has 1 fully saturated rings. The van der Waals surface area contributed by atoms with Gasteiger partial charge in [-0.1, -0.05) is 19.1 Å². The Morgan fingerprint density at radius 3 is 2.55 bits per heavy atom. The van der Waals surface area contributed by atoms with E-state index in [1.807, 2.05) is 20.0 Å². The molecule has 0 spiro atoms. The summed E-state index contributed by atoms with van der Waals surface area (Å²) in [5, 5.41) is 0. The number of rotatable bonds is 5. The smallest absolute Gasteiger partial charge is 0.362 e. The van der Waals surface area contributed by atoms with E-state index in [-0.39, 0.29) is 11.5 Å². The highest BCUT2D eigenvalue weighted by Crippen LogP contribution is 2.38. The van der Waals surface area contributed by atoms with Gasteiger partial charge >= 0.3 is 10.4 Å². The Morgan fingerprint density at radius 1 is 1.36 bits per heavy atom. The molecule has 1 N–H and O–H groups in total. The van der Waals surface area contributed by atoms with Gasteiger partial charge in [0.25, 0.3) is 0 Å². The maximum atomic E-state index is 12.6. The van der Waals surface area contributed by atoms with E-state index in [4.69, 9.17) is 4.55 Å². The van der Waals surface area contributed by atoms with E-state index in [1.54, 1.807) is 6.07 Å². The number of nitrogens with zero attached hydrogens (tertiary/aromatic N) is 1. The third-order valence-corrected chi connectivity index (χ3v) is 4.69. The number of piperidine rings is 1. The second-order valence-corrected chi connectivity index (χ2v) is 6.72. The minimum absolute atomic E-state index is 0.0159. The fraction of sp³-hybridized carbons (Fsp3) is 0.533. The van der Waals surface area contributed by atoms with Crippen LogP contribution in [0.3, 0.4) is 0 Å². The van der Waals surface area contributed by atoms with Crippen LogP contribution in [0.5, 0.6) is 5.75 Å². The van der Waals surface area contributed by atoms with Crippen molar-refractivity contribution in [1.29, 1.82) is 0 Å². The summed E-state index contributed by atoms with van der Waals surface area (Å²) in [7, 11) is -2.56. The van der Waals surface area contributed by atoms with Crippen LogP contribution in [0, 0.1) is 0 Å². The Bertz CT molecular complexity index is 648. The lowest BCUT2D eigenvalue weighted by Gasteiger charge is -2.40. The van der Waals surface area contributed by atoms with Gasteiger partial charge in [-0.25, -0.2) is 0 Å². The molecule has 0 aliphatic carbocycles. The number of benzene rings is 1. The Hall–Kier alpha value is -1.44. The van der Waals surface area contributed by atoms with E-state index in [1.165, 1.54) is 12.1 Å². The predicted molar refractivity (Wildman–Crippen MR) is 82.3 cm³/mol. The summed E-state index contributed by atoms with van der Waals surface area (Å²) >= 11 is 0. The summed E-state index contributed by atoms with van der Waals surface area (Å²) in [5.74, 6) is 0.159. The van der Waals surface area contributed by atoms with Crippen molar-refractivity contribution in [2.45, 2.75) is 31.6 Å². The van der Waals surface area contributed by atoms with Gasteiger partial charge in [0.05, 0.1) is 5.41 Å². The molecule has 1 aromatic rings. The molecule has 0 saturated carbocycles. The van der Waals surface area contributed by atoms with Crippen LogP contribution >= 0.6 is 0 Å². The minimum Gasteiger partial charge on any atom is -0.362 e. The molecule has 0 atom stereocenters. The molecule has 1 saturated heterocycles. The molecule has 1 heterocycles. The zero-order chi connectivity index (χ0) is 16.4. The summed E-state index contributed by atoms with van der Waals surface area (Å²) in [6, 6.07) is 6.43. The van der Waals surface area contributed by atoms with E-state index >= 15 is 0 Å². The van der Waals surface area contributed by atoms with Crippen LogP contribution in [0.4, 0.5) is 0 Å². The number of hydrogen-bond acceptors (Lipinski definition) is 5. The molecule has 1 aliphatic heterocycles. The second-order valence-electron chi connectivity index (χ2n) is 5.70. The summed E-state index contributed by atoms with van der Waals surface area (Å²) in [6.07, 6.45) is 1.80. The lowest BCUT2D eigenvalue weighted by Crippen LogP contribution is -2.46. The molecular formula is C15H21NO5S. The maximum Gasteiger partial charge on any atom is 0.446 e. The largest absolute Gasteiger partial charge is 0.446 e. The number of likely N-dealkylation sites (tertiary alicyclic amines) is 1. The number of Topliss-reactive ketones (excluding diaryl/α,β-unsaturated/α-hetero) is 1. The Balaban J connectivity index is 2.40. The van der Waals surface area contributed by atoms with Crippen LogP contribution in [0.25, 0.3) is 0 Å². The highest BCUT2D eigenvalue weighted by atomic mass is 32.3. The van der Waals surface area contributed by atoms with E-state index in [2.05, 4.69) is 9.08 Å². The van der Waals surface area contributed by atoms with Crippen molar-refractivity contribution in [1.82, 2.24) is 4.90 Å². The highest BCUT2D eigenvalue weighted by molar-refractivity contribution is 7.81. The van der Waals surface area contributed by atoms with Crippen molar-refractivity contribution in [3.05, 3.63) is 29.8 Å². The van der Waals surface area contributed by atoms with Gasteiger partial charge in [-0.05, 0) is 50.7 Å². The number of carbonyl (C=O) groups excluding carboxylic acids is 1. The second kappa shape index (κ2) is 6.36. The van der Waals surface area contributed by atoms with Gasteiger partial charge < -0.3 is 9.08 Å². The standard InChI is InChI=1S/C15H21NO5S/c1-3-14(17)15(7-9-16(2)10-8-15)12-5-4-6-13(11-12)21-22(18,19)20/h4-6,11H,3,7-10H2,1-2H3,(H,18,19,20). The molecule has 0 radical (unpaired) electrons. The molecule has 1 aromatic carbocycles. The number of hydrogen-bond donors (Lipinski definition) is 1. The van der Waals surface area contributed by atoms with Crippen LogP contribution in [0.2, 0.25) is 0 Å². The monoisotopic (exact) mass is 327 g/mol. The molecule has 0 bridgehead atoms.